The Hall–Kier alpha value is -1.92. The van der Waals surface area contributed by atoms with Crippen LogP contribution in [0.5, 0.6) is 0 Å². The quantitative estimate of drug-likeness (QED) is 0.600. The summed E-state index contributed by atoms with van der Waals surface area (Å²) in [5.74, 6) is 0.332. The Morgan fingerprint density at radius 2 is 1.94 bits per heavy atom. The van der Waals surface area contributed by atoms with Crippen molar-refractivity contribution in [1.29, 1.82) is 0 Å². The molecule has 0 aromatic carbocycles. The monoisotopic (exact) mass is 257 g/mol. The van der Waals surface area contributed by atoms with E-state index in [9.17, 15) is 18.0 Å². The Bertz CT molecular complexity index is 467. The Kier molecular flexibility index (Phi) is 3.31. The van der Waals surface area contributed by atoms with Crippen LogP contribution in [0.25, 0.3) is 0 Å². The highest BCUT2D eigenvalue weighted by Crippen LogP contribution is 2.30. The van der Waals surface area contributed by atoms with E-state index in [0.717, 1.165) is 6.08 Å². The first kappa shape index (κ1) is 12.5. The van der Waals surface area contributed by atoms with Gasteiger partial charge in [0.15, 0.2) is 6.29 Å². The van der Waals surface area contributed by atoms with Gasteiger partial charge in [0.25, 0.3) is 0 Å². The summed E-state index contributed by atoms with van der Waals surface area (Å²) in [7, 11) is 0. The van der Waals surface area contributed by atoms with E-state index in [1.54, 1.807) is 4.90 Å². The van der Waals surface area contributed by atoms with Crippen LogP contribution in [0.3, 0.4) is 0 Å². The molecule has 0 saturated heterocycles. The van der Waals surface area contributed by atoms with Gasteiger partial charge in [-0.05, 0) is 6.42 Å². The zero-order valence-corrected chi connectivity index (χ0v) is 9.31. The van der Waals surface area contributed by atoms with E-state index >= 15 is 0 Å². The first-order valence-corrected chi connectivity index (χ1v) is 5.29. The number of carbonyl (C=O) groups is 1. The molecule has 0 saturated carbocycles. The number of hydrogen-bond acceptors (Lipinski definition) is 4. The van der Waals surface area contributed by atoms with Crippen molar-refractivity contribution in [2.24, 2.45) is 0 Å². The molecule has 0 amide bonds. The van der Waals surface area contributed by atoms with Crippen LogP contribution in [0.2, 0.25) is 0 Å². The summed E-state index contributed by atoms with van der Waals surface area (Å²) in [5, 5.41) is 0. The van der Waals surface area contributed by atoms with Gasteiger partial charge in [0, 0.05) is 31.1 Å². The van der Waals surface area contributed by atoms with Crippen LogP contribution in [0, 0.1) is 0 Å². The topological polar surface area (TPSA) is 46.1 Å². The van der Waals surface area contributed by atoms with Gasteiger partial charge in [-0.25, -0.2) is 9.97 Å². The normalized spacial score (nSPS) is 16.4. The maximum Gasteiger partial charge on any atom is 0.412 e. The number of aldehydes is 1. The number of aromatic nitrogens is 2. The number of alkyl halides is 3. The molecule has 0 atom stereocenters. The molecule has 0 N–H and O–H groups in total. The summed E-state index contributed by atoms with van der Waals surface area (Å²) in [6.07, 6.45) is 0.107. The van der Waals surface area contributed by atoms with Crippen molar-refractivity contribution in [2.45, 2.75) is 12.6 Å². The largest absolute Gasteiger partial charge is 0.412 e. The summed E-state index contributed by atoms with van der Waals surface area (Å²) >= 11 is 0. The van der Waals surface area contributed by atoms with Gasteiger partial charge < -0.3 is 4.90 Å². The van der Waals surface area contributed by atoms with E-state index in [4.69, 9.17) is 0 Å². The minimum atomic E-state index is -4.26. The lowest BCUT2D eigenvalue weighted by Crippen LogP contribution is -2.33. The van der Waals surface area contributed by atoms with Crippen molar-refractivity contribution in [1.82, 2.24) is 9.97 Å². The molecule has 1 aliphatic rings. The third-order valence-electron chi connectivity index (χ3n) is 2.65. The molecule has 0 radical (unpaired) electrons. The zero-order chi connectivity index (χ0) is 13.2. The second kappa shape index (κ2) is 4.75. The third-order valence-corrected chi connectivity index (χ3v) is 2.65. The molecule has 1 aliphatic heterocycles. The SMILES string of the molecule is O=Cc1cnc(N2CC=C(C(F)(F)F)CC2)nc1. The Labute approximate surface area is 101 Å². The summed E-state index contributed by atoms with van der Waals surface area (Å²) in [6.45, 7) is 0.334. The fourth-order valence-corrected chi connectivity index (χ4v) is 1.66. The third kappa shape index (κ3) is 2.66. The van der Waals surface area contributed by atoms with Gasteiger partial charge in [0.1, 0.15) is 0 Å². The molecule has 0 bridgehead atoms. The minimum absolute atomic E-state index is 0.0811. The van der Waals surface area contributed by atoms with Gasteiger partial charge >= 0.3 is 6.18 Å². The number of anilines is 1. The van der Waals surface area contributed by atoms with E-state index < -0.39 is 11.7 Å². The number of carbonyl (C=O) groups excluding carboxylic acids is 1. The van der Waals surface area contributed by atoms with E-state index in [1.807, 2.05) is 0 Å². The van der Waals surface area contributed by atoms with E-state index in [2.05, 4.69) is 9.97 Å². The molecule has 0 unspecified atom stereocenters. The molecular formula is C11H10F3N3O. The lowest BCUT2D eigenvalue weighted by molar-refractivity contribution is -0.0944. The van der Waals surface area contributed by atoms with Crippen LogP contribution in [0.15, 0.2) is 24.0 Å². The Morgan fingerprint density at radius 1 is 1.28 bits per heavy atom. The van der Waals surface area contributed by atoms with E-state index in [-0.39, 0.29) is 19.5 Å². The molecule has 0 fully saturated rings. The van der Waals surface area contributed by atoms with Gasteiger partial charge in [0.05, 0.1) is 5.56 Å². The average molecular weight is 257 g/mol. The number of rotatable bonds is 2. The van der Waals surface area contributed by atoms with E-state index in [0.29, 0.717) is 17.8 Å². The molecule has 0 aliphatic carbocycles. The molecule has 96 valence electrons. The predicted octanol–water partition coefficient (Wildman–Crippen LogP) is 1.99. The van der Waals surface area contributed by atoms with Crippen molar-refractivity contribution in [3.8, 4) is 0 Å². The first-order valence-electron chi connectivity index (χ1n) is 5.29. The maximum absolute atomic E-state index is 12.4. The van der Waals surface area contributed by atoms with Gasteiger partial charge in [-0.2, -0.15) is 13.2 Å². The molecule has 1 aromatic heterocycles. The van der Waals surface area contributed by atoms with Crippen LogP contribution in [0.4, 0.5) is 19.1 Å². The standard InChI is InChI=1S/C11H10F3N3O/c12-11(13,14)9-1-3-17(4-2-9)10-15-5-8(7-18)6-16-10/h1,5-7H,2-4H2. The minimum Gasteiger partial charge on any atom is -0.337 e. The van der Waals surface area contributed by atoms with Gasteiger partial charge in [0.2, 0.25) is 5.95 Å². The second-order valence-corrected chi connectivity index (χ2v) is 3.86. The smallest absolute Gasteiger partial charge is 0.337 e. The van der Waals surface area contributed by atoms with Crippen molar-refractivity contribution in [3.05, 3.63) is 29.6 Å². The molecule has 1 aromatic rings. The number of nitrogens with zero attached hydrogens (tertiary/aromatic N) is 3. The Morgan fingerprint density at radius 3 is 2.39 bits per heavy atom. The molecule has 4 nitrogen and oxygen atoms in total. The van der Waals surface area contributed by atoms with Crippen LogP contribution in [-0.4, -0.2) is 35.5 Å². The van der Waals surface area contributed by atoms with Crippen LogP contribution in [0.1, 0.15) is 16.8 Å². The zero-order valence-electron chi connectivity index (χ0n) is 9.31. The van der Waals surface area contributed by atoms with Gasteiger partial charge in [-0.15, -0.1) is 0 Å². The average Bonchev–Trinajstić information content (AvgIpc) is 2.38. The van der Waals surface area contributed by atoms with Crippen molar-refractivity contribution in [2.75, 3.05) is 18.0 Å². The first-order chi connectivity index (χ1) is 8.50. The van der Waals surface area contributed by atoms with Crippen LogP contribution in [-0.2, 0) is 0 Å². The van der Waals surface area contributed by atoms with Crippen molar-refractivity contribution in [3.63, 3.8) is 0 Å². The van der Waals surface area contributed by atoms with Crippen molar-refractivity contribution >= 4 is 12.2 Å². The molecule has 2 heterocycles. The number of hydrogen-bond donors (Lipinski definition) is 0. The fourth-order valence-electron chi connectivity index (χ4n) is 1.66. The summed E-state index contributed by atoms with van der Waals surface area (Å²) in [5.41, 5.74) is -0.175. The molecule has 0 spiro atoms. The highest BCUT2D eigenvalue weighted by Gasteiger charge is 2.35. The second-order valence-electron chi connectivity index (χ2n) is 3.86. The summed E-state index contributed by atoms with van der Waals surface area (Å²) < 4.78 is 37.2. The van der Waals surface area contributed by atoms with Gasteiger partial charge in [-0.1, -0.05) is 6.08 Å². The highest BCUT2D eigenvalue weighted by molar-refractivity contribution is 5.73. The maximum atomic E-state index is 12.4. The Balaban J connectivity index is 2.09. The summed E-state index contributed by atoms with van der Waals surface area (Å²) in [6, 6.07) is 0. The van der Waals surface area contributed by atoms with Crippen molar-refractivity contribution < 1.29 is 18.0 Å². The van der Waals surface area contributed by atoms with Crippen LogP contribution >= 0.6 is 0 Å². The number of halogens is 3. The molecule has 18 heavy (non-hydrogen) atoms. The lowest BCUT2D eigenvalue weighted by Gasteiger charge is -2.27. The molecular weight excluding hydrogens is 247 g/mol. The fraction of sp³-hybridized carbons (Fsp3) is 0.364. The van der Waals surface area contributed by atoms with E-state index in [1.165, 1.54) is 12.4 Å². The predicted molar refractivity (Wildman–Crippen MR) is 58.4 cm³/mol. The van der Waals surface area contributed by atoms with Crippen LogP contribution < -0.4 is 4.90 Å². The van der Waals surface area contributed by atoms with Gasteiger partial charge in [-0.3, -0.25) is 4.79 Å². The molecule has 2 rings (SSSR count). The molecule has 7 heteroatoms. The lowest BCUT2D eigenvalue weighted by atomic mass is 10.1. The highest BCUT2D eigenvalue weighted by atomic mass is 19.4. The summed E-state index contributed by atoms with van der Waals surface area (Å²) in [4.78, 5) is 19.9.